The molecule has 20 heavy (non-hydrogen) atoms. The number of unbranched alkanes of at least 4 members (excludes halogenated alkanes) is 1. The van der Waals surface area contributed by atoms with Crippen molar-refractivity contribution >= 4 is 17.4 Å². The molecule has 0 radical (unpaired) electrons. The molecular weight excluding hydrogens is 270 g/mol. The number of nitrogens with zero attached hydrogens (tertiary/aromatic N) is 1. The lowest BCUT2D eigenvalue weighted by Gasteiger charge is -2.09. The van der Waals surface area contributed by atoms with Crippen molar-refractivity contribution in [2.45, 2.75) is 19.3 Å². The highest BCUT2D eigenvalue weighted by Crippen LogP contribution is 2.21. The van der Waals surface area contributed by atoms with Crippen LogP contribution in [-0.2, 0) is 6.42 Å². The van der Waals surface area contributed by atoms with Gasteiger partial charge in [-0.2, -0.15) is 5.26 Å². The van der Waals surface area contributed by atoms with Crippen LogP contribution in [0.15, 0.2) is 48.5 Å². The fourth-order valence-corrected chi connectivity index (χ4v) is 2.25. The van der Waals surface area contributed by atoms with Gasteiger partial charge in [0.15, 0.2) is 5.78 Å². The Labute approximate surface area is 123 Å². The molecule has 2 aromatic carbocycles. The lowest BCUT2D eigenvalue weighted by molar-refractivity contribution is 0.103. The second kappa shape index (κ2) is 6.88. The molecule has 0 aromatic heterocycles. The molecule has 2 rings (SSSR count). The Morgan fingerprint density at radius 3 is 2.60 bits per heavy atom. The summed E-state index contributed by atoms with van der Waals surface area (Å²) in [5, 5.41) is 9.16. The van der Waals surface area contributed by atoms with Crippen LogP contribution in [0.5, 0.6) is 0 Å². The zero-order chi connectivity index (χ0) is 14.4. The quantitative estimate of drug-likeness (QED) is 0.602. The summed E-state index contributed by atoms with van der Waals surface area (Å²) in [4.78, 5) is 12.5. The molecule has 0 bridgehead atoms. The van der Waals surface area contributed by atoms with Crippen LogP contribution < -0.4 is 0 Å². The first-order valence-electron chi connectivity index (χ1n) is 6.47. The molecule has 3 heteroatoms. The van der Waals surface area contributed by atoms with Crippen LogP contribution in [0.1, 0.15) is 34.3 Å². The molecule has 0 amide bonds. The molecule has 0 atom stereocenters. The van der Waals surface area contributed by atoms with Crippen molar-refractivity contribution in [1.82, 2.24) is 0 Å². The van der Waals surface area contributed by atoms with Crippen molar-refractivity contribution in [2.75, 3.05) is 0 Å². The van der Waals surface area contributed by atoms with E-state index in [4.69, 9.17) is 16.9 Å². The van der Waals surface area contributed by atoms with E-state index in [1.807, 2.05) is 24.3 Å². The molecule has 0 N–H and O–H groups in total. The highest BCUT2D eigenvalue weighted by atomic mass is 35.5. The number of carbonyl (C=O) groups is 1. The number of hydrogen-bond acceptors (Lipinski definition) is 2. The Kier molecular flexibility index (Phi) is 4.92. The lowest BCUT2D eigenvalue weighted by Crippen LogP contribution is -2.05. The molecule has 0 saturated heterocycles. The minimum absolute atomic E-state index is 0.0277. The third-order valence-corrected chi connectivity index (χ3v) is 3.32. The van der Waals surface area contributed by atoms with E-state index < -0.39 is 0 Å². The third kappa shape index (κ3) is 3.46. The van der Waals surface area contributed by atoms with Crippen molar-refractivity contribution in [1.29, 1.82) is 5.26 Å². The molecule has 2 aromatic rings. The van der Waals surface area contributed by atoms with Crippen LogP contribution >= 0.6 is 11.6 Å². The fourth-order valence-electron chi connectivity index (χ4n) is 2.08. The zero-order valence-corrected chi connectivity index (χ0v) is 11.7. The summed E-state index contributed by atoms with van der Waals surface area (Å²) in [6.07, 6.45) is 1.94. The summed E-state index contributed by atoms with van der Waals surface area (Å²) in [6, 6.07) is 16.6. The summed E-state index contributed by atoms with van der Waals surface area (Å²) in [6.45, 7) is 0. The summed E-state index contributed by atoms with van der Waals surface area (Å²) in [7, 11) is 0. The van der Waals surface area contributed by atoms with Crippen LogP contribution in [0.4, 0.5) is 0 Å². The molecule has 0 aliphatic carbocycles. The van der Waals surface area contributed by atoms with Crippen molar-refractivity contribution in [3.63, 3.8) is 0 Å². The SMILES string of the molecule is N#CCCCc1ccc(Cl)cc1C(=O)c1ccccc1. The van der Waals surface area contributed by atoms with Gasteiger partial charge in [0.05, 0.1) is 6.07 Å². The molecular formula is C17H14ClNO. The number of nitriles is 1. The maximum Gasteiger partial charge on any atom is 0.193 e. The van der Waals surface area contributed by atoms with Gasteiger partial charge in [-0.3, -0.25) is 4.79 Å². The van der Waals surface area contributed by atoms with E-state index in [9.17, 15) is 4.79 Å². The van der Waals surface area contributed by atoms with Crippen molar-refractivity contribution in [3.8, 4) is 6.07 Å². The second-order valence-corrected chi connectivity index (χ2v) is 4.94. The topological polar surface area (TPSA) is 40.9 Å². The largest absolute Gasteiger partial charge is 0.289 e. The first-order chi connectivity index (χ1) is 9.72. The van der Waals surface area contributed by atoms with Crippen molar-refractivity contribution in [2.24, 2.45) is 0 Å². The number of benzene rings is 2. The van der Waals surface area contributed by atoms with Crippen molar-refractivity contribution in [3.05, 3.63) is 70.2 Å². The van der Waals surface area contributed by atoms with Gasteiger partial charge in [-0.15, -0.1) is 0 Å². The molecule has 0 heterocycles. The highest BCUT2D eigenvalue weighted by Gasteiger charge is 2.13. The minimum atomic E-state index is -0.0277. The number of aryl methyl sites for hydroxylation is 1. The van der Waals surface area contributed by atoms with Gasteiger partial charge in [0.2, 0.25) is 0 Å². The van der Waals surface area contributed by atoms with E-state index in [0.29, 0.717) is 29.0 Å². The molecule has 0 aliphatic rings. The Morgan fingerprint density at radius 1 is 1.15 bits per heavy atom. The normalized spacial score (nSPS) is 10.0. The Hall–Kier alpha value is -2.11. The number of halogens is 1. The first-order valence-corrected chi connectivity index (χ1v) is 6.85. The van der Waals surface area contributed by atoms with Gasteiger partial charge in [0.25, 0.3) is 0 Å². The monoisotopic (exact) mass is 283 g/mol. The standard InChI is InChI=1S/C17H14ClNO/c18-15-10-9-13(6-4-5-11-19)16(12-15)17(20)14-7-2-1-3-8-14/h1-3,7-10,12H,4-6H2. The fraction of sp³-hybridized carbons (Fsp3) is 0.176. The van der Waals surface area contributed by atoms with Gasteiger partial charge in [0, 0.05) is 22.6 Å². The molecule has 0 fully saturated rings. The van der Waals surface area contributed by atoms with Crippen LogP contribution in [0.3, 0.4) is 0 Å². The summed E-state index contributed by atoms with van der Waals surface area (Å²) in [5.74, 6) is -0.0277. The molecule has 0 aliphatic heterocycles. The van der Waals surface area contributed by atoms with Gasteiger partial charge in [-0.25, -0.2) is 0 Å². The van der Waals surface area contributed by atoms with E-state index in [0.717, 1.165) is 12.0 Å². The Morgan fingerprint density at radius 2 is 1.90 bits per heavy atom. The molecule has 2 nitrogen and oxygen atoms in total. The van der Waals surface area contributed by atoms with Gasteiger partial charge >= 0.3 is 0 Å². The van der Waals surface area contributed by atoms with Crippen molar-refractivity contribution < 1.29 is 4.79 Å². The summed E-state index contributed by atoms with van der Waals surface area (Å²) in [5.41, 5.74) is 2.22. The van der Waals surface area contributed by atoms with E-state index in [-0.39, 0.29) is 5.78 Å². The predicted molar refractivity (Wildman–Crippen MR) is 79.9 cm³/mol. The number of ketones is 1. The highest BCUT2D eigenvalue weighted by molar-refractivity contribution is 6.31. The van der Waals surface area contributed by atoms with E-state index >= 15 is 0 Å². The van der Waals surface area contributed by atoms with Crippen LogP contribution in [0, 0.1) is 11.3 Å². The second-order valence-electron chi connectivity index (χ2n) is 4.51. The Bertz CT molecular complexity index is 644. The third-order valence-electron chi connectivity index (χ3n) is 3.09. The molecule has 100 valence electrons. The van der Waals surface area contributed by atoms with Gasteiger partial charge in [0.1, 0.15) is 0 Å². The van der Waals surface area contributed by atoms with Crippen LogP contribution in [0.25, 0.3) is 0 Å². The van der Waals surface area contributed by atoms with E-state index in [1.54, 1.807) is 24.3 Å². The lowest BCUT2D eigenvalue weighted by atomic mass is 9.95. The first kappa shape index (κ1) is 14.3. The van der Waals surface area contributed by atoms with Crippen LogP contribution in [0.2, 0.25) is 5.02 Å². The van der Waals surface area contributed by atoms with Gasteiger partial charge in [-0.1, -0.05) is 48.0 Å². The molecule has 0 unspecified atom stereocenters. The molecule has 0 saturated carbocycles. The van der Waals surface area contributed by atoms with Crippen LogP contribution in [-0.4, -0.2) is 5.78 Å². The minimum Gasteiger partial charge on any atom is -0.289 e. The number of hydrogen-bond donors (Lipinski definition) is 0. The predicted octanol–water partition coefficient (Wildman–Crippen LogP) is 4.42. The average molecular weight is 284 g/mol. The van der Waals surface area contributed by atoms with Gasteiger partial charge in [-0.05, 0) is 30.5 Å². The van der Waals surface area contributed by atoms with E-state index in [2.05, 4.69) is 6.07 Å². The number of carbonyl (C=O) groups excluding carboxylic acids is 1. The number of rotatable bonds is 5. The average Bonchev–Trinajstić information content (AvgIpc) is 2.49. The van der Waals surface area contributed by atoms with E-state index in [1.165, 1.54) is 0 Å². The maximum absolute atomic E-state index is 12.5. The van der Waals surface area contributed by atoms with Gasteiger partial charge < -0.3 is 0 Å². The zero-order valence-electron chi connectivity index (χ0n) is 11.0. The molecule has 0 spiro atoms. The summed E-state index contributed by atoms with van der Waals surface area (Å²) >= 11 is 6.01. The summed E-state index contributed by atoms with van der Waals surface area (Å²) < 4.78 is 0. The maximum atomic E-state index is 12.5. The Balaban J connectivity index is 2.32. The smallest absolute Gasteiger partial charge is 0.193 e.